The molecule has 21 heavy (non-hydrogen) atoms. The smallest absolute Gasteiger partial charge is 0.263 e. The summed E-state index contributed by atoms with van der Waals surface area (Å²) < 4.78 is 6.45. The minimum absolute atomic E-state index is 0.209. The molecule has 0 aromatic carbocycles. The Kier molecular flexibility index (Phi) is 4.43. The second-order valence-corrected chi connectivity index (χ2v) is 6.19. The first kappa shape index (κ1) is 15.7. The maximum absolute atomic E-state index is 12.8. The third-order valence-corrected chi connectivity index (χ3v) is 4.74. The highest BCUT2D eigenvalue weighted by Gasteiger charge is 2.22. The van der Waals surface area contributed by atoms with Gasteiger partial charge in [-0.05, 0) is 26.3 Å². The number of methoxy groups -OCH3 is 1. The van der Waals surface area contributed by atoms with Crippen molar-refractivity contribution in [3.8, 4) is 0 Å². The number of rotatable bonds is 5. The highest BCUT2D eigenvalue weighted by molar-refractivity contribution is 7.18. The number of amides is 1. The van der Waals surface area contributed by atoms with Crippen molar-refractivity contribution in [2.75, 3.05) is 13.7 Å². The zero-order valence-corrected chi connectivity index (χ0v) is 13.4. The van der Waals surface area contributed by atoms with Gasteiger partial charge in [0, 0.05) is 18.4 Å². The number of carbonyl (C=O) groups excluding carboxylic acids is 1. The minimum Gasteiger partial charge on any atom is -0.384 e. The van der Waals surface area contributed by atoms with Crippen molar-refractivity contribution in [3.63, 3.8) is 0 Å². The lowest BCUT2D eigenvalue weighted by Gasteiger charge is -2.16. The summed E-state index contributed by atoms with van der Waals surface area (Å²) in [6, 6.07) is -0.735. The van der Waals surface area contributed by atoms with Gasteiger partial charge in [0.25, 0.3) is 5.56 Å². The quantitative estimate of drug-likeness (QED) is 0.902. The number of hydrogen-bond donors (Lipinski definition) is 1. The van der Waals surface area contributed by atoms with Gasteiger partial charge in [-0.2, -0.15) is 0 Å². The summed E-state index contributed by atoms with van der Waals surface area (Å²) in [6.45, 7) is 5.89. The molecule has 0 fully saturated rings. The highest BCUT2D eigenvalue weighted by Crippen LogP contribution is 2.27. The van der Waals surface area contributed by atoms with Gasteiger partial charge in [0.1, 0.15) is 16.7 Å². The number of ether oxygens (including phenoxy) is 1. The summed E-state index contributed by atoms with van der Waals surface area (Å²) in [6.07, 6.45) is 0.454. The Morgan fingerprint density at radius 1 is 1.48 bits per heavy atom. The Balaban J connectivity index is 2.77. The molecule has 1 unspecified atom stereocenters. The lowest BCUT2D eigenvalue weighted by molar-refractivity contribution is -0.120. The number of nitrogens with zero attached hydrogens (tertiary/aromatic N) is 2. The standard InChI is InChI=1S/C14H19N3O3S/c1-7-9(3)21-13-11(7)14(19)17(8(2)12(15)18)10(16-13)5-6-20-4/h8H,5-6H2,1-4H3,(H2,15,18). The molecule has 0 spiro atoms. The molecular weight excluding hydrogens is 290 g/mol. The van der Waals surface area contributed by atoms with Gasteiger partial charge >= 0.3 is 0 Å². The molecule has 0 aliphatic heterocycles. The first-order valence-electron chi connectivity index (χ1n) is 6.67. The Morgan fingerprint density at radius 2 is 2.14 bits per heavy atom. The molecule has 2 aromatic rings. The molecule has 114 valence electrons. The first-order chi connectivity index (χ1) is 9.88. The van der Waals surface area contributed by atoms with Crippen molar-refractivity contribution in [1.82, 2.24) is 9.55 Å². The summed E-state index contributed by atoms with van der Waals surface area (Å²) in [4.78, 5) is 30.6. The first-order valence-corrected chi connectivity index (χ1v) is 7.49. The van der Waals surface area contributed by atoms with E-state index < -0.39 is 11.9 Å². The van der Waals surface area contributed by atoms with Gasteiger partial charge in [0.15, 0.2) is 0 Å². The molecule has 2 rings (SSSR count). The molecule has 0 radical (unpaired) electrons. The van der Waals surface area contributed by atoms with Crippen LogP contribution in [0.2, 0.25) is 0 Å². The molecule has 1 atom stereocenters. The third-order valence-electron chi connectivity index (χ3n) is 3.64. The molecule has 0 saturated carbocycles. The molecular formula is C14H19N3O3S. The normalized spacial score (nSPS) is 12.8. The number of primary amides is 1. The maximum Gasteiger partial charge on any atom is 0.263 e. The van der Waals surface area contributed by atoms with E-state index in [0.717, 1.165) is 10.4 Å². The Morgan fingerprint density at radius 3 is 2.71 bits per heavy atom. The lowest BCUT2D eigenvalue weighted by Crippen LogP contribution is -2.35. The van der Waals surface area contributed by atoms with Crippen LogP contribution in [0.5, 0.6) is 0 Å². The van der Waals surface area contributed by atoms with Gasteiger partial charge in [-0.25, -0.2) is 4.98 Å². The van der Waals surface area contributed by atoms with Crippen LogP contribution in [-0.2, 0) is 16.0 Å². The third kappa shape index (κ3) is 2.71. The summed E-state index contributed by atoms with van der Waals surface area (Å²) in [5.41, 5.74) is 6.07. The van der Waals surface area contributed by atoms with Gasteiger partial charge in [0.05, 0.1) is 12.0 Å². The average molecular weight is 309 g/mol. The molecule has 7 heteroatoms. The fraction of sp³-hybridized carbons (Fsp3) is 0.500. The van der Waals surface area contributed by atoms with E-state index in [9.17, 15) is 9.59 Å². The van der Waals surface area contributed by atoms with Crippen LogP contribution in [0.3, 0.4) is 0 Å². The average Bonchev–Trinajstić information content (AvgIpc) is 2.71. The number of hydrogen-bond acceptors (Lipinski definition) is 5. The predicted octanol–water partition coefficient (Wildman–Crippen LogP) is 1.31. The number of aryl methyl sites for hydroxylation is 2. The van der Waals surface area contributed by atoms with Gasteiger partial charge in [-0.3, -0.25) is 14.2 Å². The summed E-state index contributed by atoms with van der Waals surface area (Å²) in [5, 5.41) is 0.576. The van der Waals surface area contributed by atoms with E-state index in [0.29, 0.717) is 29.1 Å². The second-order valence-electron chi connectivity index (χ2n) is 4.99. The monoisotopic (exact) mass is 309 g/mol. The number of fused-ring (bicyclic) bond motifs is 1. The number of nitrogens with two attached hydrogens (primary N) is 1. The van der Waals surface area contributed by atoms with Crippen LogP contribution >= 0.6 is 11.3 Å². The van der Waals surface area contributed by atoms with Crippen LogP contribution in [0.15, 0.2) is 4.79 Å². The van der Waals surface area contributed by atoms with Crippen LogP contribution in [0.25, 0.3) is 10.2 Å². The molecule has 1 amide bonds. The van der Waals surface area contributed by atoms with Gasteiger partial charge in [-0.1, -0.05) is 0 Å². The van der Waals surface area contributed by atoms with Crippen molar-refractivity contribution in [3.05, 3.63) is 26.6 Å². The molecule has 0 aliphatic carbocycles. The Bertz CT molecular complexity index is 748. The van der Waals surface area contributed by atoms with E-state index in [1.807, 2.05) is 13.8 Å². The maximum atomic E-state index is 12.8. The molecule has 2 aromatic heterocycles. The SMILES string of the molecule is COCCc1nc2sc(C)c(C)c2c(=O)n1C(C)C(N)=O. The Labute approximate surface area is 126 Å². The zero-order valence-electron chi connectivity index (χ0n) is 12.6. The summed E-state index contributed by atoms with van der Waals surface area (Å²) in [7, 11) is 1.58. The predicted molar refractivity (Wildman–Crippen MR) is 82.8 cm³/mol. The van der Waals surface area contributed by atoms with E-state index in [-0.39, 0.29) is 5.56 Å². The van der Waals surface area contributed by atoms with Crippen molar-refractivity contribution >= 4 is 27.5 Å². The second kappa shape index (κ2) is 5.95. The molecule has 0 saturated heterocycles. The minimum atomic E-state index is -0.735. The van der Waals surface area contributed by atoms with E-state index >= 15 is 0 Å². The van der Waals surface area contributed by atoms with Crippen LogP contribution in [0.4, 0.5) is 0 Å². The Hall–Kier alpha value is -1.73. The topological polar surface area (TPSA) is 87.2 Å². The van der Waals surface area contributed by atoms with Crippen LogP contribution < -0.4 is 11.3 Å². The molecule has 0 aliphatic rings. The van der Waals surface area contributed by atoms with E-state index in [2.05, 4.69) is 4.98 Å². The summed E-state index contributed by atoms with van der Waals surface area (Å²) in [5.74, 6) is -0.0246. The largest absolute Gasteiger partial charge is 0.384 e. The highest BCUT2D eigenvalue weighted by atomic mass is 32.1. The van der Waals surface area contributed by atoms with Crippen molar-refractivity contribution in [2.45, 2.75) is 33.2 Å². The van der Waals surface area contributed by atoms with E-state index in [1.54, 1.807) is 14.0 Å². The van der Waals surface area contributed by atoms with Crippen LogP contribution in [-0.4, -0.2) is 29.2 Å². The van der Waals surface area contributed by atoms with E-state index in [1.165, 1.54) is 15.9 Å². The zero-order chi connectivity index (χ0) is 15.7. The van der Waals surface area contributed by atoms with Crippen molar-refractivity contribution in [2.24, 2.45) is 5.73 Å². The molecule has 2 heterocycles. The number of aromatic nitrogens is 2. The van der Waals surface area contributed by atoms with Gasteiger partial charge in [-0.15, -0.1) is 11.3 Å². The van der Waals surface area contributed by atoms with E-state index in [4.69, 9.17) is 10.5 Å². The number of carbonyl (C=O) groups is 1. The lowest BCUT2D eigenvalue weighted by atomic mass is 10.2. The van der Waals surface area contributed by atoms with Crippen LogP contribution in [0.1, 0.15) is 29.2 Å². The van der Waals surface area contributed by atoms with Crippen molar-refractivity contribution < 1.29 is 9.53 Å². The van der Waals surface area contributed by atoms with Gasteiger partial charge in [0.2, 0.25) is 5.91 Å². The molecule has 2 N–H and O–H groups in total. The van der Waals surface area contributed by atoms with Gasteiger partial charge < -0.3 is 10.5 Å². The summed E-state index contributed by atoms with van der Waals surface area (Å²) >= 11 is 1.49. The molecule has 0 bridgehead atoms. The van der Waals surface area contributed by atoms with Crippen molar-refractivity contribution in [1.29, 1.82) is 0 Å². The molecule has 6 nitrogen and oxygen atoms in total. The fourth-order valence-electron chi connectivity index (χ4n) is 2.24. The fourth-order valence-corrected chi connectivity index (χ4v) is 3.28. The number of thiophene rings is 1. The van der Waals surface area contributed by atoms with Crippen LogP contribution in [0, 0.1) is 13.8 Å².